The van der Waals surface area contributed by atoms with Crippen molar-refractivity contribution >= 4 is 24.1 Å². The Morgan fingerprint density at radius 2 is 1.12 bits per heavy atom. The minimum atomic E-state index is -0.606. The minimum Gasteiger partial charge on any atom is -0.459 e. The van der Waals surface area contributed by atoms with Crippen molar-refractivity contribution in [3.8, 4) is 0 Å². The maximum Gasteiger partial charge on any atom is 0.407 e. The first-order chi connectivity index (χ1) is 14.9. The van der Waals surface area contributed by atoms with E-state index in [1.54, 1.807) is 0 Å². The lowest BCUT2D eigenvalue weighted by Gasteiger charge is -2.51. The molecule has 180 valence electrons. The summed E-state index contributed by atoms with van der Waals surface area (Å²) < 4.78 is 19.7. The van der Waals surface area contributed by atoms with Crippen molar-refractivity contribution in [3.05, 3.63) is 25.3 Å². The Kier molecular flexibility index (Phi) is 10.2. The van der Waals surface area contributed by atoms with E-state index in [1.165, 1.54) is 0 Å². The summed E-state index contributed by atoms with van der Waals surface area (Å²) in [5.74, 6) is -1.17. The summed E-state index contributed by atoms with van der Waals surface area (Å²) in [7, 11) is 0. The molecule has 0 atom stereocenters. The highest BCUT2D eigenvalue weighted by Gasteiger charge is 2.48. The molecule has 2 amide bonds. The molecular formula is C22H34N2O8. The predicted molar refractivity (Wildman–Crippen MR) is 116 cm³/mol. The number of hydrogen-bond acceptors (Lipinski definition) is 8. The van der Waals surface area contributed by atoms with Crippen molar-refractivity contribution in [1.82, 2.24) is 10.6 Å². The van der Waals surface area contributed by atoms with E-state index in [1.807, 2.05) is 27.7 Å². The van der Waals surface area contributed by atoms with E-state index in [9.17, 15) is 19.2 Å². The molecule has 0 aromatic carbocycles. The average molecular weight is 455 g/mol. The van der Waals surface area contributed by atoms with E-state index < -0.39 is 24.1 Å². The Morgan fingerprint density at radius 1 is 0.750 bits per heavy atom. The monoisotopic (exact) mass is 454 g/mol. The van der Waals surface area contributed by atoms with E-state index in [4.69, 9.17) is 18.9 Å². The first-order valence-electron chi connectivity index (χ1n) is 10.4. The van der Waals surface area contributed by atoms with Crippen LogP contribution in [0, 0.1) is 10.8 Å². The number of hydrogen-bond donors (Lipinski definition) is 2. The van der Waals surface area contributed by atoms with Crippen molar-refractivity contribution in [2.24, 2.45) is 10.8 Å². The minimum absolute atomic E-state index is 0.0547. The van der Waals surface area contributed by atoms with Gasteiger partial charge in [0.2, 0.25) is 0 Å². The van der Waals surface area contributed by atoms with Crippen LogP contribution in [-0.4, -0.2) is 62.6 Å². The highest BCUT2D eigenvalue weighted by molar-refractivity contribution is 5.81. The Hall–Kier alpha value is -3.04. The van der Waals surface area contributed by atoms with Crippen LogP contribution in [-0.2, 0) is 28.5 Å². The fourth-order valence-electron chi connectivity index (χ4n) is 4.17. The van der Waals surface area contributed by atoms with Gasteiger partial charge in [-0.3, -0.25) is 0 Å². The fourth-order valence-corrected chi connectivity index (χ4v) is 4.17. The van der Waals surface area contributed by atoms with Crippen LogP contribution in [0.1, 0.15) is 40.5 Å². The summed E-state index contributed by atoms with van der Waals surface area (Å²) in [6.07, 6.45) is 2.05. The molecule has 0 unspecified atom stereocenters. The summed E-state index contributed by atoms with van der Waals surface area (Å²) in [4.78, 5) is 46.3. The van der Waals surface area contributed by atoms with Gasteiger partial charge in [-0.15, -0.1) is 0 Å². The van der Waals surface area contributed by atoms with Crippen LogP contribution in [0.3, 0.4) is 0 Å². The van der Waals surface area contributed by atoms with Crippen LogP contribution in [0.2, 0.25) is 0 Å². The first kappa shape index (κ1) is 27.0. The van der Waals surface area contributed by atoms with Gasteiger partial charge >= 0.3 is 24.1 Å². The van der Waals surface area contributed by atoms with E-state index in [0.717, 1.165) is 12.2 Å². The molecule has 0 aromatic heterocycles. The smallest absolute Gasteiger partial charge is 0.407 e. The van der Waals surface area contributed by atoms with Crippen LogP contribution in [0.5, 0.6) is 0 Å². The number of alkyl carbamates (subject to hydrolysis) is 2. The second-order valence-corrected chi connectivity index (χ2v) is 8.82. The third-order valence-electron chi connectivity index (χ3n) is 5.15. The zero-order chi connectivity index (χ0) is 24.4. The molecular weight excluding hydrogens is 420 g/mol. The quantitative estimate of drug-likeness (QED) is 0.223. The molecule has 1 rings (SSSR count). The molecule has 1 aliphatic rings. The third-order valence-corrected chi connectivity index (χ3v) is 5.15. The molecule has 0 aromatic rings. The number of amides is 2. The summed E-state index contributed by atoms with van der Waals surface area (Å²) >= 11 is 0. The van der Waals surface area contributed by atoms with Gasteiger partial charge in [-0.2, -0.15) is 0 Å². The SMILES string of the molecule is C=CC(=O)OCCOC(=O)NC1CC(C)(C)C(NC(=O)OCCOC(=O)C=C)C(C)(C)C1. The number of ether oxygens (including phenoxy) is 4. The summed E-state index contributed by atoms with van der Waals surface area (Å²) in [5, 5.41) is 5.75. The molecule has 10 nitrogen and oxygen atoms in total. The van der Waals surface area contributed by atoms with Gasteiger partial charge in [0, 0.05) is 24.2 Å². The van der Waals surface area contributed by atoms with Crippen molar-refractivity contribution in [1.29, 1.82) is 0 Å². The number of carbonyl (C=O) groups is 4. The lowest BCUT2D eigenvalue weighted by atomic mass is 9.59. The van der Waals surface area contributed by atoms with Gasteiger partial charge in [0.15, 0.2) is 0 Å². The van der Waals surface area contributed by atoms with Gasteiger partial charge in [-0.25, -0.2) is 19.2 Å². The van der Waals surface area contributed by atoms with E-state index >= 15 is 0 Å². The highest BCUT2D eigenvalue weighted by atomic mass is 16.6. The first-order valence-corrected chi connectivity index (χ1v) is 10.4. The average Bonchev–Trinajstić information content (AvgIpc) is 2.70. The molecule has 10 heteroatoms. The zero-order valence-electron chi connectivity index (χ0n) is 19.2. The van der Waals surface area contributed by atoms with Gasteiger partial charge in [0.25, 0.3) is 0 Å². The Morgan fingerprint density at radius 3 is 1.53 bits per heavy atom. The predicted octanol–water partition coefficient (Wildman–Crippen LogP) is 2.48. The number of esters is 2. The molecule has 0 saturated heterocycles. The van der Waals surface area contributed by atoms with Crippen LogP contribution in [0.25, 0.3) is 0 Å². The lowest BCUT2D eigenvalue weighted by Crippen LogP contribution is -2.61. The molecule has 1 aliphatic carbocycles. The lowest BCUT2D eigenvalue weighted by molar-refractivity contribution is -0.139. The zero-order valence-corrected chi connectivity index (χ0v) is 19.2. The molecule has 0 radical (unpaired) electrons. The Bertz CT molecular complexity index is 699. The molecule has 2 N–H and O–H groups in total. The highest BCUT2D eigenvalue weighted by Crippen LogP contribution is 2.46. The standard InChI is InChI=1S/C22H34N2O8/c1-7-16(25)29-9-11-31-19(27)23-15-13-21(3,4)18(22(5,6)14-15)24-20(28)32-12-10-30-17(26)8-2/h7-8,15,18H,1-2,9-14H2,3-6H3,(H,23,27)(H,24,28). The fraction of sp³-hybridized carbons (Fsp3) is 0.636. The summed E-state index contributed by atoms with van der Waals surface area (Å²) in [5.41, 5.74) is -0.735. The van der Waals surface area contributed by atoms with Crippen molar-refractivity contribution in [2.45, 2.75) is 52.6 Å². The van der Waals surface area contributed by atoms with Crippen LogP contribution in [0.4, 0.5) is 9.59 Å². The number of rotatable bonds is 10. The Balaban J connectivity index is 2.54. The third kappa shape index (κ3) is 8.99. The maximum absolute atomic E-state index is 12.3. The van der Waals surface area contributed by atoms with Gasteiger partial charge in [0.1, 0.15) is 26.4 Å². The normalized spacial score (nSPS) is 20.8. The molecule has 0 bridgehead atoms. The molecule has 1 fully saturated rings. The van der Waals surface area contributed by atoms with Crippen molar-refractivity contribution < 1.29 is 38.1 Å². The number of carbonyl (C=O) groups excluding carboxylic acids is 4. The van der Waals surface area contributed by atoms with Gasteiger partial charge in [-0.1, -0.05) is 40.9 Å². The maximum atomic E-state index is 12.3. The van der Waals surface area contributed by atoms with Gasteiger partial charge in [0.05, 0.1) is 0 Å². The van der Waals surface area contributed by atoms with Gasteiger partial charge < -0.3 is 29.6 Å². The van der Waals surface area contributed by atoms with E-state index in [2.05, 4.69) is 23.8 Å². The second kappa shape index (κ2) is 12.1. The summed E-state index contributed by atoms with van der Waals surface area (Å²) in [6, 6.07) is -0.402. The molecule has 1 saturated carbocycles. The molecule has 0 spiro atoms. The molecule has 0 aliphatic heterocycles. The van der Waals surface area contributed by atoms with Crippen molar-refractivity contribution in [2.75, 3.05) is 26.4 Å². The molecule has 32 heavy (non-hydrogen) atoms. The summed E-state index contributed by atoms with van der Waals surface area (Å²) in [6.45, 7) is 14.3. The topological polar surface area (TPSA) is 129 Å². The van der Waals surface area contributed by atoms with E-state index in [0.29, 0.717) is 12.8 Å². The largest absolute Gasteiger partial charge is 0.459 e. The second-order valence-electron chi connectivity index (χ2n) is 8.82. The van der Waals surface area contributed by atoms with Crippen LogP contribution >= 0.6 is 0 Å². The van der Waals surface area contributed by atoms with Crippen LogP contribution in [0.15, 0.2) is 25.3 Å². The molecule has 0 heterocycles. The van der Waals surface area contributed by atoms with Gasteiger partial charge in [-0.05, 0) is 23.7 Å². The van der Waals surface area contributed by atoms with E-state index in [-0.39, 0.29) is 49.3 Å². The van der Waals surface area contributed by atoms with Crippen LogP contribution < -0.4 is 10.6 Å². The van der Waals surface area contributed by atoms with Crippen molar-refractivity contribution in [3.63, 3.8) is 0 Å². The Labute approximate surface area is 188 Å². The number of nitrogens with one attached hydrogen (secondary N) is 2.